The van der Waals surface area contributed by atoms with Crippen LogP contribution in [0.1, 0.15) is 38.2 Å². The van der Waals surface area contributed by atoms with E-state index in [1.807, 2.05) is 6.07 Å². The number of hydrogen-bond acceptors (Lipinski definition) is 1. The zero-order chi connectivity index (χ0) is 10.1. The summed E-state index contributed by atoms with van der Waals surface area (Å²) in [5.41, 5.74) is 1.10. The quantitative estimate of drug-likeness (QED) is 0.715. The Labute approximate surface area is 83.9 Å². The smallest absolute Gasteiger partial charge is 0.126 e. The molecule has 0 N–H and O–H groups in total. The van der Waals surface area contributed by atoms with E-state index in [1.165, 1.54) is 12.1 Å². The summed E-state index contributed by atoms with van der Waals surface area (Å²) in [6.07, 6.45) is 2.54. The van der Waals surface area contributed by atoms with E-state index in [-0.39, 0.29) is 5.82 Å². The molecule has 76 valence electrons. The molecule has 0 amide bonds. The highest BCUT2D eigenvalue weighted by molar-refractivity contribution is 5.36. The van der Waals surface area contributed by atoms with E-state index in [4.69, 9.17) is 4.74 Å². The van der Waals surface area contributed by atoms with Crippen LogP contribution in [0.25, 0.3) is 0 Å². The highest BCUT2D eigenvalue weighted by Crippen LogP contribution is 2.32. The van der Waals surface area contributed by atoms with Gasteiger partial charge in [0.1, 0.15) is 11.6 Å². The summed E-state index contributed by atoms with van der Waals surface area (Å²) in [6, 6.07) is 4.81. The Morgan fingerprint density at radius 1 is 1.36 bits per heavy atom. The molecule has 0 spiro atoms. The molecule has 0 saturated heterocycles. The van der Waals surface area contributed by atoms with Crippen LogP contribution in [-0.2, 0) is 0 Å². The lowest BCUT2D eigenvalue weighted by Crippen LogP contribution is -2.01. The number of halogens is 1. The largest absolute Gasteiger partial charge is 0.490 e. The van der Waals surface area contributed by atoms with Gasteiger partial charge in [0.25, 0.3) is 0 Å². The van der Waals surface area contributed by atoms with Crippen molar-refractivity contribution in [3.8, 4) is 5.75 Å². The standard InChI is InChI=1S/C12H15FO/c1-8(2)11-6-3-9(13)7-12(11)14-10-4-5-10/h3,6-8,10H,4-5H2,1-2H3. The Morgan fingerprint density at radius 2 is 2.07 bits per heavy atom. The maximum Gasteiger partial charge on any atom is 0.126 e. The SMILES string of the molecule is CC(C)c1ccc(F)cc1OC1CC1. The number of ether oxygens (including phenoxy) is 1. The second kappa shape index (κ2) is 3.60. The average molecular weight is 194 g/mol. The highest BCUT2D eigenvalue weighted by Gasteiger charge is 2.25. The molecular weight excluding hydrogens is 179 g/mol. The number of rotatable bonds is 3. The maximum atomic E-state index is 13.0. The van der Waals surface area contributed by atoms with Crippen molar-refractivity contribution in [1.82, 2.24) is 0 Å². The van der Waals surface area contributed by atoms with Crippen molar-refractivity contribution in [3.05, 3.63) is 29.6 Å². The monoisotopic (exact) mass is 194 g/mol. The van der Waals surface area contributed by atoms with E-state index in [9.17, 15) is 4.39 Å². The van der Waals surface area contributed by atoms with E-state index < -0.39 is 0 Å². The third kappa shape index (κ3) is 2.06. The molecule has 2 rings (SSSR count). The fraction of sp³-hybridized carbons (Fsp3) is 0.500. The van der Waals surface area contributed by atoms with E-state index in [2.05, 4.69) is 13.8 Å². The summed E-state index contributed by atoms with van der Waals surface area (Å²) >= 11 is 0. The van der Waals surface area contributed by atoms with Crippen LogP contribution < -0.4 is 4.74 Å². The van der Waals surface area contributed by atoms with Gasteiger partial charge in [-0.05, 0) is 30.4 Å². The molecule has 1 saturated carbocycles. The van der Waals surface area contributed by atoms with Crippen LogP contribution in [-0.4, -0.2) is 6.10 Å². The molecule has 1 aliphatic rings. The third-order valence-electron chi connectivity index (χ3n) is 2.42. The Bertz CT molecular complexity index is 329. The Morgan fingerprint density at radius 3 is 2.64 bits per heavy atom. The molecule has 0 aromatic heterocycles. The van der Waals surface area contributed by atoms with Crippen molar-refractivity contribution in [2.45, 2.75) is 38.7 Å². The minimum Gasteiger partial charge on any atom is -0.490 e. The van der Waals surface area contributed by atoms with E-state index in [1.54, 1.807) is 0 Å². The summed E-state index contributed by atoms with van der Waals surface area (Å²) in [6.45, 7) is 4.18. The molecule has 0 aliphatic heterocycles. The third-order valence-corrected chi connectivity index (χ3v) is 2.42. The molecule has 0 heterocycles. The second-order valence-corrected chi connectivity index (χ2v) is 4.15. The molecule has 0 atom stereocenters. The lowest BCUT2D eigenvalue weighted by Gasteiger charge is -2.13. The van der Waals surface area contributed by atoms with Gasteiger partial charge in [-0.1, -0.05) is 19.9 Å². The fourth-order valence-corrected chi connectivity index (χ4v) is 1.45. The first-order valence-electron chi connectivity index (χ1n) is 5.13. The van der Waals surface area contributed by atoms with Gasteiger partial charge in [-0.15, -0.1) is 0 Å². The van der Waals surface area contributed by atoms with Gasteiger partial charge in [-0.3, -0.25) is 0 Å². The van der Waals surface area contributed by atoms with Crippen LogP contribution in [0.15, 0.2) is 18.2 Å². The minimum absolute atomic E-state index is 0.218. The van der Waals surface area contributed by atoms with Crippen molar-refractivity contribution in [1.29, 1.82) is 0 Å². The molecule has 1 aliphatic carbocycles. The van der Waals surface area contributed by atoms with E-state index in [0.29, 0.717) is 12.0 Å². The molecular formula is C12H15FO. The summed E-state index contributed by atoms with van der Waals surface area (Å²) in [5, 5.41) is 0. The molecule has 2 heteroatoms. The lowest BCUT2D eigenvalue weighted by molar-refractivity contribution is 0.297. The zero-order valence-corrected chi connectivity index (χ0v) is 8.59. The molecule has 1 fully saturated rings. The Hall–Kier alpha value is -1.05. The predicted octanol–water partition coefficient (Wildman–Crippen LogP) is 3.49. The van der Waals surface area contributed by atoms with Crippen LogP contribution >= 0.6 is 0 Å². The van der Waals surface area contributed by atoms with Crippen molar-refractivity contribution in [2.24, 2.45) is 0 Å². The van der Waals surface area contributed by atoms with Crippen molar-refractivity contribution < 1.29 is 9.13 Å². The van der Waals surface area contributed by atoms with Gasteiger partial charge in [0.05, 0.1) is 6.10 Å². The van der Waals surface area contributed by atoms with Gasteiger partial charge in [-0.2, -0.15) is 0 Å². The number of hydrogen-bond donors (Lipinski definition) is 0. The minimum atomic E-state index is -0.218. The van der Waals surface area contributed by atoms with Gasteiger partial charge < -0.3 is 4.74 Å². The van der Waals surface area contributed by atoms with Gasteiger partial charge in [-0.25, -0.2) is 4.39 Å². The van der Waals surface area contributed by atoms with Gasteiger partial charge in [0.15, 0.2) is 0 Å². The highest BCUT2D eigenvalue weighted by atomic mass is 19.1. The van der Waals surface area contributed by atoms with Crippen molar-refractivity contribution >= 4 is 0 Å². The summed E-state index contributed by atoms with van der Waals surface area (Å²) in [7, 11) is 0. The predicted molar refractivity (Wildman–Crippen MR) is 54.1 cm³/mol. The zero-order valence-electron chi connectivity index (χ0n) is 8.59. The Balaban J connectivity index is 2.27. The lowest BCUT2D eigenvalue weighted by atomic mass is 10.0. The molecule has 1 aromatic carbocycles. The molecule has 1 aromatic rings. The van der Waals surface area contributed by atoms with Crippen LogP contribution in [0.4, 0.5) is 4.39 Å². The summed E-state index contributed by atoms with van der Waals surface area (Å²) < 4.78 is 18.7. The molecule has 0 radical (unpaired) electrons. The normalized spacial score (nSPS) is 16.0. The maximum absolute atomic E-state index is 13.0. The van der Waals surface area contributed by atoms with Gasteiger partial charge in [0, 0.05) is 6.07 Å². The fourth-order valence-electron chi connectivity index (χ4n) is 1.45. The first-order chi connectivity index (χ1) is 6.66. The molecule has 14 heavy (non-hydrogen) atoms. The molecule has 0 unspecified atom stereocenters. The van der Waals surface area contributed by atoms with Crippen LogP contribution in [0.3, 0.4) is 0 Å². The topological polar surface area (TPSA) is 9.23 Å². The molecule has 0 bridgehead atoms. The molecule has 1 nitrogen and oxygen atoms in total. The first-order valence-corrected chi connectivity index (χ1v) is 5.13. The van der Waals surface area contributed by atoms with Crippen LogP contribution in [0.5, 0.6) is 5.75 Å². The summed E-state index contributed by atoms with van der Waals surface area (Å²) in [5.74, 6) is 0.886. The summed E-state index contributed by atoms with van der Waals surface area (Å²) in [4.78, 5) is 0. The van der Waals surface area contributed by atoms with Crippen molar-refractivity contribution in [2.75, 3.05) is 0 Å². The van der Waals surface area contributed by atoms with Crippen LogP contribution in [0.2, 0.25) is 0 Å². The van der Waals surface area contributed by atoms with E-state index >= 15 is 0 Å². The van der Waals surface area contributed by atoms with Gasteiger partial charge in [0.2, 0.25) is 0 Å². The van der Waals surface area contributed by atoms with Crippen LogP contribution in [0, 0.1) is 5.82 Å². The van der Waals surface area contributed by atoms with E-state index in [0.717, 1.165) is 24.2 Å². The number of benzene rings is 1. The Kier molecular flexibility index (Phi) is 2.44. The van der Waals surface area contributed by atoms with Crippen molar-refractivity contribution in [3.63, 3.8) is 0 Å². The van der Waals surface area contributed by atoms with Gasteiger partial charge >= 0.3 is 0 Å². The average Bonchev–Trinajstić information content (AvgIpc) is 2.87. The second-order valence-electron chi connectivity index (χ2n) is 4.15. The first kappa shape index (κ1) is 9.50.